The Hall–Kier alpha value is -2.15. The Morgan fingerprint density at radius 1 is 1.16 bits per heavy atom. The third-order valence-electron chi connectivity index (χ3n) is 3.53. The van der Waals surface area contributed by atoms with E-state index in [2.05, 4.69) is 5.32 Å². The first-order valence-electron chi connectivity index (χ1n) is 7.55. The van der Waals surface area contributed by atoms with Crippen molar-refractivity contribution in [2.75, 3.05) is 30.1 Å². The van der Waals surface area contributed by atoms with E-state index in [4.69, 9.17) is 0 Å². The summed E-state index contributed by atoms with van der Waals surface area (Å²) in [4.78, 5) is 14.8. The summed E-state index contributed by atoms with van der Waals surface area (Å²) in [6, 6.07) is 11.0. The molecule has 0 radical (unpaired) electrons. The summed E-state index contributed by atoms with van der Waals surface area (Å²) >= 11 is 1.35. The van der Waals surface area contributed by atoms with Crippen molar-refractivity contribution in [3.8, 4) is 0 Å². The monoisotopic (exact) mass is 368 g/mol. The van der Waals surface area contributed by atoms with Gasteiger partial charge in [-0.2, -0.15) is 13.2 Å². The van der Waals surface area contributed by atoms with Crippen LogP contribution in [0.1, 0.15) is 11.1 Å². The molecule has 1 amide bonds. The van der Waals surface area contributed by atoms with E-state index in [1.54, 1.807) is 19.0 Å². The smallest absolute Gasteiger partial charge is 0.376 e. The van der Waals surface area contributed by atoms with Gasteiger partial charge in [0.05, 0.1) is 22.7 Å². The molecule has 0 saturated heterocycles. The molecule has 0 bridgehead atoms. The minimum Gasteiger partial charge on any atom is -0.376 e. The molecule has 2 aromatic carbocycles. The molecular formula is C18H19F3N2OS. The van der Waals surface area contributed by atoms with Crippen molar-refractivity contribution < 1.29 is 18.0 Å². The number of hydrogen-bond donors (Lipinski definition) is 1. The second-order valence-corrected chi connectivity index (χ2v) is 6.74. The molecule has 0 unspecified atom stereocenters. The third kappa shape index (κ3) is 5.16. The average molecular weight is 368 g/mol. The topological polar surface area (TPSA) is 32.3 Å². The fraction of sp³-hybridized carbons (Fsp3) is 0.278. The van der Waals surface area contributed by atoms with Crippen LogP contribution in [0, 0.1) is 6.92 Å². The van der Waals surface area contributed by atoms with Crippen LogP contribution in [0.4, 0.5) is 24.5 Å². The fourth-order valence-corrected chi connectivity index (χ4v) is 3.08. The van der Waals surface area contributed by atoms with E-state index in [-0.39, 0.29) is 17.3 Å². The first-order chi connectivity index (χ1) is 11.7. The van der Waals surface area contributed by atoms with Gasteiger partial charge in [0, 0.05) is 19.0 Å². The molecule has 0 heterocycles. The van der Waals surface area contributed by atoms with E-state index in [1.165, 1.54) is 17.8 Å². The van der Waals surface area contributed by atoms with Crippen LogP contribution >= 0.6 is 11.8 Å². The van der Waals surface area contributed by atoms with E-state index in [9.17, 15) is 18.0 Å². The van der Waals surface area contributed by atoms with Gasteiger partial charge in [0.15, 0.2) is 0 Å². The number of amides is 1. The van der Waals surface area contributed by atoms with Gasteiger partial charge >= 0.3 is 6.18 Å². The molecule has 0 aromatic heterocycles. The molecule has 2 rings (SSSR count). The summed E-state index contributed by atoms with van der Waals surface area (Å²) in [5, 5.41) is 2.59. The first kappa shape index (κ1) is 19.2. The van der Waals surface area contributed by atoms with E-state index < -0.39 is 11.7 Å². The van der Waals surface area contributed by atoms with Crippen LogP contribution in [-0.2, 0) is 11.0 Å². The molecule has 0 aliphatic carbocycles. The Balaban J connectivity index is 2.14. The van der Waals surface area contributed by atoms with Gasteiger partial charge in [-0.3, -0.25) is 4.79 Å². The molecule has 2 aromatic rings. The molecule has 0 spiro atoms. The number of anilines is 2. The number of aryl methyl sites for hydroxylation is 1. The normalized spacial score (nSPS) is 11.3. The Kier molecular flexibility index (Phi) is 6.00. The molecule has 25 heavy (non-hydrogen) atoms. The minimum atomic E-state index is -4.46. The van der Waals surface area contributed by atoms with Gasteiger partial charge in [-0.25, -0.2) is 0 Å². The zero-order valence-corrected chi connectivity index (χ0v) is 15.0. The van der Waals surface area contributed by atoms with Gasteiger partial charge in [0.1, 0.15) is 0 Å². The second-order valence-electron chi connectivity index (χ2n) is 5.73. The van der Waals surface area contributed by atoms with Crippen molar-refractivity contribution in [1.82, 2.24) is 0 Å². The fourth-order valence-electron chi connectivity index (χ4n) is 2.25. The molecule has 0 aliphatic heterocycles. The van der Waals surface area contributed by atoms with Crippen LogP contribution in [0.2, 0.25) is 0 Å². The minimum absolute atomic E-state index is 0.119. The van der Waals surface area contributed by atoms with Gasteiger partial charge < -0.3 is 10.2 Å². The maximum absolute atomic E-state index is 12.9. The highest BCUT2D eigenvalue weighted by Crippen LogP contribution is 2.35. The van der Waals surface area contributed by atoms with Gasteiger partial charge in [-0.15, -0.1) is 11.8 Å². The molecule has 134 valence electrons. The lowest BCUT2D eigenvalue weighted by atomic mass is 10.1. The Bertz CT molecular complexity index is 760. The summed E-state index contributed by atoms with van der Waals surface area (Å²) in [7, 11) is 3.42. The standard InChI is InChI=1S/C18H19F3N2OS/c1-12-6-4-5-7-16(12)25-11-17(24)22-14-10-13(18(19,20)21)8-9-15(14)23(2)3/h4-10H,11H2,1-3H3,(H,22,24). The highest BCUT2D eigenvalue weighted by atomic mass is 32.2. The summed E-state index contributed by atoms with van der Waals surface area (Å²) in [5.41, 5.74) is 0.922. The molecule has 0 saturated carbocycles. The summed E-state index contributed by atoms with van der Waals surface area (Å²) in [6.45, 7) is 1.94. The van der Waals surface area contributed by atoms with E-state index in [0.29, 0.717) is 5.69 Å². The van der Waals surface area contributed by atoms with E-state index in [1.807, 2.05) is 31.2 Å². The van der Waals surface area contributed by atoms with E-state index >= 15 is 0 Å². The molecule has 3 nitrogen and oxygen atoms in total. The molecule has 7 heteroatoms. The SMILES string of the molecule is Cc1ccccc1SCC(=O)Nc1cc(C(F)(F)F)ccc1N(C)C. The van der Waals surface area contributed by atoms with Crippen molar-refractivity contribution in [3.05, 3.63) is 53.6 Å². The van der Waals surface area contributed by atoms with Gasteiger partial charge in [-0.05, 0) is 36.8 Å². The zero-order valence-electron chi connectivity index (χ0n) is 14.1. The summed E-state index contributed by atoms with van der Waals surface area (Å²) in [5.74, 6) is -0.232. The molecule has 1 N–H and O–H groups in total. The van der Waals surface area contributed by atoms with E-state index in [0.717, 1.165) is 22.6 Å². The Morgan fingerprint density at radius 2 is 1.84 bits per heavy atom. The Labute approximate surface area is 149 Å². The number of halogens is 3. The Morgan fingerprint density at radius 3 is 2.44 bits per heavy atom. The average Bonchev–Trinajstić information content (AvgIpc) is 2.53. The quantitative estimate of drug-likeness (QED) is 0.769. The van der Waals surface area contributed by atoms with Crippen LogP contribution in [0.25, 0.3) is 0 Å². The lowest BCUT2D eigenvalue weighted by Crippen LogP contribution is -2.19. The largest absolute Gasteiger partial charge is 0.416 e. The lowest BCUT2D eigenvalue weighted by Gasteiger charge is -2.19. The van der Waals surface area contributed by atoms with Crippen molar-refractivity contribution in [1.29, 1.82) is 0 Å². The number of benzene rings is 2. The van der Waals surface area contributed by atoms with Gasteiger partial charge in [0.2, 0.25) is 5.91 Å². The summed E-state index contributed by atoms with van der Waals surface area (Å²) in [6.07, 6.45) is -4.46. The molecule has 0 atom stereocenters. The van der Waals surface area contributed by atoms with Crippen LogP contribution in [0.5, 0.6) is 0 Å². The number of hydrogen-bond acceptors (Lipinski definition) is 3. The predicted octanol–water partition coefficient (Wildman–Crippen LogP) is 4.81. The highest BCUT2D eigenvalue weighted by Gasteiger charge is 2.31. The van der Waals surface area contributed by atoms with Gasteiger partial charge in [0.25, 0.3) is 0 Å². The van der Waals surface area contributed by atoms with Crippen LogP contribution < -0.4 is 10.2 Å². The van der Waals surface area contributed by atoms with Crippen molar-refractivity contribution in [2.24, 2.45) is 0 Å². The number of nitrogens with one attached hydrogen (secondary N) is 1. The molecule has 0 aliphatic rings. The first-order valence-corrected chi connectivity index (χ1v) is 8.54. The number of alkyl halides is 3. The van der Waals surface area contributed by atoms with Gasteiger partial charge in [-0.1, -0.05) is 18.2 Å². The van der Waals surface area contributed by atoms with Crippen LogP contribution in [-0.4, -0.2) is 25.8 Å². The highest BCUT2D eigenvalue weighted by molar-refractivity contribution is 8.00. The molecular weight excluding hydrogens is 349 g/mol. The number of carbonyl (C=O) groups excluding carboxylic acids is 1. The second kappa shape index (κ2) is 7.82. The third-order valence-corrected chi connectivity index (χ3v) is 4.71. The number of thioether (sulfide) groups is 1. The lowest BCUT2D eigenvalue weighted by molar-refractivity contribution is -0.137. The van der Waals surface area contributed by atoms with Crippen molar-refractivity contribution in [3.63, 3.8) is 0 Å². The van der Waals surface area contributed by atoms with Crippen molar-refractivity contribution >= 4 is 29.0 Å². The molecule has 0 fully saturated rings. The zero-order chi connectivity index (χ0) is 18.6. The maximum Gasteiger partial charge on any atom is 0.416 e. The maximum atomic E-state index is 12.9. The van der Waals surface area contributed by atoms with Crippen LogP contribution in [0.3, 0.4) is 0 Å². The predicted molar refractivity (Wildman–Crippen MR) is 96.3 cm³/mol. The number of carbonyl (C=O) groups is 1. The summed E-state index contributed by atoms with van der Waals surface area (Å²) < 4.78 is 38.8. The van der Waals surface area contributed by atoms with Crippen molar-refractivity contribution in [2.45, 2.75) is 18.0 Å². The van der Waals surface area contributed by atoms with Crippen LogP contribution in [0.15, 0.2) is 47.4 Å². The number of rotatable bonds is 5. The number of nitrogens with zero attached hydrogens (tertiary/aromatic N) is 1.